The van der Waals surface area contributed by atoms with Crippen LogP contribution in [0.5, 0.6) is 0 Å². The van der Waals surface area contributed by atoms with E-state index in [1.165, 1.54) is 5.56 Å². The minimum Gasteiger partial charge on any atom is -0.347 e. The number of rotatable bonds is 3. The van der Waals surface area contributed by atoms with E-state index in [-0.39, 0.29) is 11.9 Å². The Bertz CT molecular complexity index is 684. The van der Waals surface area contributed by atoms with E-state index in [1.54, 1.807) is 6.20 Å². The van der Waals surface area contributed by atoms with Crippen molar-refractivity contribution in [3.63, 3.8) is 0 Å². The average molecular weight is 296 g/mol. The van der Waals surface area contributed by atoms with Crippen LogP contribution in [0.2, 0.25) is 0 Å². The van der Waals surface area contributed by atoms with Crippen LogP contribution in [0.4, 0.5) is 5.95 Å². The highest BCUT2D eigenvalue weighted by Gasteiger charge is 2.34. The second-order valence-corrected chi connectivity index (χ2v) is 5.78. The molecule has 1 aromatic heterocycles. The van der Waals surface area contributed by atoms with Gasteiger partial charge in [-0.05, 0) is 18.9 Å². The Kier molecular flexibility index (Phi) is 3.79. The summed E-state index contributed by atoms with van der Waals surface area (Å²) in [5, 5.41) is 0. The van der Waals surface area contributed by atoms with Crippen molar-refractivity contribution < 1.29 is 4.79 Å². The lowest BCUT2D eigenvalue weighted by Gasteiger charge is -2.41. The SMILES string of the molecule is Cc1nc(N(C)C)ncc1C(=O)N1CCC1c1ccccc1. The van der Waals surface area contributed by atoms with Gasteiger partial charge in [0.15, 0.2) is 0 Å². The van der Waals surface area contributed by atoms with Crippen LogP contribution < -0.4 is 4.90 Å². The molecule has 1 saturated heterocycles. The first-order valence-corrected chi connectivity index (χ1v) is 7.45. The lowest BCUT2D eigenvalue weighted by Crippen LogP contribution is -2.45. The number of carbonyl (C=O) groups is 1. The molecule has 114 valence electrons. The zero-order valence-electron chi connectivity index (χ0n) is 13.2. The van der Waals surface area contributed by atoms with E-state index < -0.39 is 0 Å². The molecule has 22 heavy (non-hydrogen) atoms. The van der Waals surface area contributed by atoms with Crippen LogP contribution in [0, 0.1) is 6.92 Å². The molecule has 5 heteroatoms. The zero-order valence-corrected chi connectivity index (χ0v) is 13.2. The quantitative estimate of drug-likeness (QED) is 0.873. The fourth-order valence-corrected chi connectivity index (χ4v) is 2.69. The number of nitrogens with zero attached hydrogens (tertiary/aromatic N) is 4. The van der Waals surface area contributed by atoms with Gasteiger partial charge >= 0.3 is 0 Å². The predicted molar refractivity (Wildman–Crippen MR) is 85.9 cm³/mol. The molecule has 1 amide bonds. The van der Waals surface area contributed by atoms with Crippen LogP contribution in [-0.2, 0) is 0 Å². The zero-order chi connectivity index (χ0) is 15.7. The predicted octanol–water partition coefficient (Wildman–Crippen LogP) is 2.44. The molecule has 2 aromatic rings. The Labute approximate surface area is 130 Å². The standard InChI is InChI=1S/C17H20N4O/c1-12-14(11-18-17(19-12)20(2)3)16(22)21-10-9-15(21)13-7-5-4-6-8-13/h4-8,11,15H,9-10H2,1-3H3. The molecule has 1 atom stereocenters. The molecular weight excluding hydrogens is 276 g/mol. The number of benzene rings is 1. The van der Waals surface area contributed by atoms with Crippen LogP contribution in [0.15, 0.2) is 36.5 Å². The maximum atomic E-state index is 12.7. The lowest BCUT2D eigenvalue weighted by molar-refractivity contribution is 0.0458. The highest BCUT2D eigenvalue weighted by molar-refractivity contribution is 5.95. The summed E-state index contributed by atoms with van der Waals surface area (Å²) in [4.78, 5) is 25.1. The summed E-state index contributed by atoms with van der Waals surface area (Å²) in [5.41, 5.74) is 2.50. The third kappa shape index (κ3) is 2.54. The summed E-state index contributed by atoms with van der Waals surface area (Å²) in [5.74, 6) is 0.639. The largest absolute Gasteiger partial charge is 0.347 e. The van der Waals surface area contributed by atoms with Crippen LogP contribution in [0.1, 0.15) is 34.1 Å². The van der Waals surface area contributed by atoms with Gasteiger partial charge in [-0.15, -0.1) is 0 Å². The summed E-state index contributed by atoms with van der Waals surface area (Å²) in [7, 11) is 3.77. The molecule has 5 nitrogen and oxygen atoms in total. The number of aromatic nitrogens is 2. The minimum absolute atomic E-state index is 0.0166. The van der Waals surface area contributed by atoms with Crippen LogP contribution in [0.25, 0.3) is 0 Å². The Morgan fingerprint density at radius 1 is 1.27 bits per heavy atom. The van der Waals surface area contributed by atoms with E-state index in [4.69, 9.17) is 0 Å². The van der Waals surface area contributed by atoms with E-state index in [2.05, 4.69) is 22.1 Å². The molecule has 0 bridgehead atoms. The molecule has 0 spiro atoms. The van der Waals surface area contributed by atoms with E-state index in [0.717, 1.165) is 18.7 Å². The van der Waals surface area contributed by atoms with Crippen molar-refractivity contribution in [2.45, 2.75) is 19.4 Å². The monoisotopic (exact) mass is 296 g/mol. The van der Waals surface area contributed by atoms with Crippen LogP contribution in [-0.4, -0.2) is 41.4 Å². The van der Waals surface area contributed by atoms with Crippen molar-refractivity contribution in [2.75, 3.05) is 25.5 Å². The Hall–Kier alpha value is -2.43. The van der Waals surface area contributed by atoms with Gasteiger partial charge in [0, 0.05) is 26.8 Å². The molecule has 0 aliphatic carbocycles. The summed E-state index contributed by atoms with van der Waals surface area (Å²) in [6, 6.07) is 10.3. The van der Waals surface area contributed by atoms with Gasteiger partial charge in [0.2, 0.25) is 5.95 Å². The second-order valence-electron chi connectivity index (χ2n) is 5.78. The summed E-state index contributed by atoms with van der Waals surface area (Å²) in [6.45, 7) is 2.65. The van der Waals surface area contributed by atoms with E-state index >= 15 is 0 Å². The van der Waals surface area contributed by atoms with Crippen molar-refractivity contribution in [1.82, 2.24) is 14.9 Å². The molecule has 1 unspecified atom stereocenters. The fourth-order valence-electron chi connectivity index (χ4n) is 2.69. The normalized spacial score (nSPS) is 17.0. The molecule has 3 rings (SSSR count). The van der Waals surface area contributed by atoms with E-state index in [1.807, 2.05) is 49.0 Å². The molecule has 0 N–H and O–H groups in total. The molecule has 0 saturated carbocycles. The van der Waals surface area contributed by atoms with Gasteiger partial charge in [-0.25, -0.2) is 9.97 Å². The smallest absolute Gasteiger partial charge is 0.257 e. The van der Waals surface area contributed by atoms with Crippen molar-refractivity contribution in [2.24, 2.45) is 0 Å². The van der Waals surface area contributed by atoms with Crippen LogP contribution >= 0.6 is 0 Å². The molecular formula is C17H20N4O. The van der Waals surface area contributed by atoms with Crippen molar-refractivity contribution in [3.8, 4) is 0 Å². The Balaban J connectivity index is 1.83. The number of likely N-dealkylation sites (tertiary alicyclic amines) is 1. The Morgan fingerprint density at radius 3 is 2.55 bits per heavy atom. The van der Waals surface area contributed by atoms with Gasteiger partial charge in [0.1, 0.15) is 0 Å². The Morgan fingerprint density at radius 2 is 2.00 bits per heavy atom. The highest BCUT2D eigenvalue weighted by Crippen LogP contribution is 2.34. The third-order valence-electron chi connectivity index (χ3n) is 4.06. The topological polar surface area (TPSA) is 49.3 Å². The van der Waals surface area contributed by atoms with E-state index in [0.29, 0.717) is 11.5 Å². The molecule has 1 aromatic carbocycles. The van der Waals surface area contributed by atoms with Gasteiger partial charge in [0.25, 0.3) is 5.91 Å². The number of anilines is 1. The molecule has 1 fully saturated rings. The number of hydrogen-bond donors (Lipinski definition) is 0. The van der Waals surface area contributed by atoms with Gasteiger partial charge in [-0.3, -0.25) is 4.79 Å². The number of amides is 1. The van der Waals surface area contributed by atoms with Gasteiger partial charge in [0.05, 0.1) is 17.3 Å². The van der Waals surface area contributed by atoms with Gasteiger partial charge in [-0.1, -0.05) is 30.3 Å². The molecule has 0 radical (unpaired) electrons. The minimum atomic E-state index is 0.0166. The van der Waals surface area contributed by atoms with Crippen molar-refractivity contribution in [1.29, 1.82) is 0 Å². The third-order valence-corrected chi connectivity index (χ3v) is 4.06. The first kappa shape index (κ1) is 14.5. The molecule has 1 aliphatic heterocycles. The van der Waals surface area contributed by atoms with Gasteiger partial charge in [-0.2, -0.15) is 0 Å². The summed E-state index contributed by atoms with van der Waals surface area (Å²) < 4.78 is 0. The maximum Gasteiger partial charge on any atom is 0.257 e. The van der Waals surface area contributed by atoms with Crippen molar-refractivity contribution in [3.05, 3.63) is 53.3 Å². The van der Waals surface area contributed by atoms with Gasteiger partial charge < -0.3 is 9.80 Å². The highest BCUT2D eigenvalue weighted by atomic mass is 16.2. The fraction of sp³-hybridized carbons (Fsp3) is 0.353. The number of hydrogen-bond acceptors (Lipinski definition) is 4. The summed E-state index contributed by atoms with van der Waals surface area (Å²) in [6.07, 6.45) is 2.64. The lowest BCUT2D eigenvalue weighted by atomic mass is 9.94. The number of carbonyl (C=O) groups excluding carboxylic acids is 1. The summed E-state index contributed by atoms with van der Waals surface area (Å²) >= 11 is 0. The first-order valence-electron chi connectivity index (χ1n) is 7.45. The average Bonchev–Trinajstić information content (AvgIpc) is 2.46. The molecule has 1 aliphatic rings. The van der Waals surface area contributed by atoms with Crippen LogP contribution in [0.3, 0.4) is 0 Å². The second kappa shape index (κ2) is 5.75. The van der Waals surface area contributed by atoms with Crippen molar-refractivity contribution >= 4 is 11.9 Å². The number of aryl methyl sites for hydroxylation is 1. The van der Waals surface area contributed by atoms with E-state index in [9.17, 15) is 4.79 Å². The molecule has 2 heterocycles. The maximum absolute atomic E-state index is 12.7. The first-order chi connectivity index (χ1) is 10.6.